The Hall–Kier alpha value is -0.940. The predicted molar refractivity (Wildman–Crippen MR) is 92.3 cm³/mol. The van der Waals surface area contributed by atoms with E-state index in [1.165, 1.54) is 24.8 Å². The van der Waals surface area contributed by atoms with Crippen molar-refractivity contribution in [3.8, 4) is 0 Å². The first-order valence-corrected chi connectivity index (χ1v) is 9.50. The molecular weight excluding hydrogens is 300 g/mol. The van der Waals surface area contributed by atoms with Gasteiger partial charge in [-0.2, -0.15) is 0 Å². The number of amides is 1. The number of para-hydroxylation sites is 1. The Bertz CT molecular complexity index is 539. The molecule has 0 spiro atoms. The largest absolute Gasteiger partial charge is 0.353 e. The summed E-state index contributed by atoms with van der Waals surface area (Å²) < 4.78 is 1.01. The number of hydrogen-bond donors (Lipinski definition) is 1. The molecule has 0 bridgehead atoms. The third-order valence-corrected chi connectivity index (χ3v) is 6.10. The monoisotopic (exact) mass is 320 g/mol. The lowest BCUT2D eigenvalue weighted by Gasteiger charge is -2.22. The van der Waals surface area contributed by atoms with Crippen molar-refractivity contribution < 1.29 is 4.79 Å². The van der Waals surface area contributed by atoms with Gasteiger partial charge in [0, 0.05) is 11.8 Å². The van der Waals surface area contributed by atoms with Gasteiger partial charge < -0.3 is 5.32 Å². The molecule has 5 heteroatoms. The van der Waals surface area contributed by atoms with Crippen molar-refractivity contribution in [3.05, 3.63) is 29.8 Å². The summed E-state index contributed by atoms with van der Waals surface area (Å²) in [5.41, 5.74) is 2.32. The van der Waals surface area contributed by atoms with Gasteiger partial charge in [-0.15, -0.1) is 0 Å². The van der Waals surface area contributed by atoms with Gasteiger partial charge in [0.05, 0.1) is 11.4 Å². The van der Waals surface area contributed by atoms with Crippen molar-refractivity contribution in [1.82, 2.24) is 5.32 Å². The normalized spacial score (nSPS) is 18.8. The molecule has 1 aliphatic heterocycles. The quantitative estimate of drug-likeness (QED) is 0.911. The minimum absolute atomic E-state index is 0.147. The van der Waals surface area contributed by atoms with Gasteiger partial charge in [-0.25, -0.2) is 4.99 Å². The summed E-state index contributed by atoms with van der Waals surface area (Å²) in [4.78, 5) is 16.6. The molecule has 1 N–H and O–H groups in total. The molecule has 0 atom stereocenters. The van der Waals surface area contributed by atoms with E-state index in [1.54, 1.807) is 23.5 Å². The van der Waals surface area contributed by atoms with Crippen molar-refractivity contribution in [3.63, 3.8) is 0 Å². The fourth-order valence-corrected chi connectivity index (χ4v) is 4.60. The van der Waals surface area contributed by atoms with Gasteiger partial charge in [0.2, 0.25) is 5.91 Å². The standard InChI is InChI=1S/C16H20N2OS2/c19-15(17-13-7-2-1-3-8-13)11-21-16-18-14-9-5-4-6-12(14)10-20-16/h4-6,9,13H,1-3,7-8,10-11H2,(H,17,19). The molecule has 3 nitrogen and oxygen atoms in total. The molecule has 2 aliphatic rings. The lowest BCUT2D eigenvalue weighted by Crippen LogP contribution is -2.37. The Kier molecular flexibility index (Phi) is 5.25. The molecule has 3 rings (SSSR count). The molecule has 112 valence electrons. The molecule has 1 heterocycles. The van der Waals surface area contributed by atoms with Gasteiger partial charge >= 0.3 is 0 Å². The Morgan fingerprint density at radius 3 is 2.95 bits per heavy atom. The number of fused-ring (bicyclic) bond motifs is 1. The third kappa shape index (κ3) is 4.27. The van der Waals surface area contributed by atoms with Crippen molar-refractivity contribution in [2.45, 2.75) is 43.9 Å². The van der Waals surface area contributed by atoms with Crippen LogP contribution in [0.2, 0.25) is 0 Å². The van der Waals surface area contributed by atoms with Crippen LogP contribution in [0.25, 0.3) is 0 Å². The number of nitrogens with zero attached hydrogens (tertiary/aromatic N) is 1. The summed E-state index contributed by atoms with van der Waals surface area (Å²) in [7, 11) is 0. The predicted octanol–water partition coefficient (Wildman–Crippen LogP) is 4.10. The highest BCUT2D eigenvalue weighted by Gasteiger charge is 2.17. The highest BCUT2D eigenvalue weighted by atomic mass is 32.2. The average molecular weight is 320 g/mol. The molecule has 1 aromatic rings. The zero-order valence-electron chi connectivity index (χ0n) is 12.0. The lowest BCUT2D eigenvalue weighted by molar-refractivity contribution is -0.119. The zero-order chi connectivity index (χ0) is 14.5. The Morgan fingerprint density at radius 2 is 2.10 bits per heavy atom. The van der Waals surface area contributed by atoms with E-state index in [-0.39, 0.29) is 5.91 Å². The molecule has 1 saturated carbocycles. The SMILES string of the molecule is O=C(CSC1=Nc2ccccc2CS1)NC1CCCCC1. The maximum atomic E-state index is 12.0. The van der Waals surface area contributed by atoms with Crippen LogP contribution in [0.4, 0.5) is 5.69 Å². The highest BCUT2D eigenvalue weighted by Crippen LogP contribution is 2.34. The van der Waals surface area contributed by atoms with Crippen molar-refractivity contribution in [2.24, 2.45) is 4.99 Å². The van der Waals surface area contributed by atoms with Crippen LogP contribution in [-0.4, -0.2) is 22.1 Å². The van der Waals surface area contributed by atoms with Crippen molar-refractivity contribution in [2.75, 3.05) is 5.75 Å². The second-order valence-corrected chi connectivity index (χ2v) is 7.67. The molecular formula is C16H20N2OS2. The summed E-state index contributed by atoms with van der Waals surface area (Å²) in [6.45, 7) is 0. The number of rotatable bonds is 3. The van der Waals surface area contributed by atoms with E-state index >= 15 is 0 Å². The van der Waals surface area contributed by atoms with E-state index in [0.717, 1.165) is 28.7 Å². The topological polar surface area (TPSA) is 41.5 Å². The van der Waals surface area contributed by atoms with Crippen LogP contribution in [0, 0.1) is 0 Å². The summed E-state index contributed by atoms with van der Waals surface area (Å²) in [6, 6.07) is 8.61. The summed E-state index contributed by atoms with van der Waals surface area (Å²) in [5.74, 6) is 1.57. The molecule has 1 aliphatic carbocycles. The van der Waals surface area contributed by atoms with E-state index in [1.807, 2.05) is 18.2 Å². The average Bonchev–Trinajstić information content (AvgIpc) is 2.54. The molecule has 1 fully saturated rings. The number of benzene rings is 1. The first-order chi connectivity index (χ1) is 10.3. The molecule has 21 heavy (non-hydrogen) atoms. The summed E-state index contributed by atoms with van der Waals surface area (Å²) in [6.07, 6.45) is 6.09. The number of thioether (sulfide) groups is 2. The van der Waals surface area contributed by atoms with Crippen molar-refractivity contribution >= 4 is 39.5 Å². The molecule has 0 unspecified atom stereocenters. The van der Waals surface area contributed by atoms with Gasteiger partial charge in [-0.1, -0.05) is 61.0 Å². The molecule has 1 aromatic carbocycles. The van der Waals surface area contributed by atoms with Crippen LogP contribution in [0.1, 0.15) is 37.7 Å². The molecule has 0 radical (unpaired) electrons. The number of nitrogens with one attached hydrogen (secondary N) is 1. The van der Waals surface area contributed by atoms with E-state index in [0.29, 0.717) is 11.8 Å². The Morgan fingerprint density at radius 1 is 1.29 bits per heavy atom. The van der Waals surface area contributed by atoms with Crippen LogP contribution in [0.3, 0.4) is 0 Å². The summed E-state index contributed by atoms with van der Waals surface area (Å²) >= 11 is 3.29. The minimum Gasteiger partial charge on any atom is -0.353 e. The number of aliphatic imine (C=N–C) groups is 1. The van der Waals surface area contributed by atoms with Crippen LogP contribution in [-0.2, 0) is 10.5 Å². The highest BCUT2D eigenvalue weighted by molar-refractivity contribution is 8.38. The van der Waals surface area contributed by atoms with Crippen molar-refractivity contribution in [1.29, 1.82) is 0 Å². The second-order valence-electron chi connectivity index (χ2n) is 5.49. The molecule has 0 aromatic heterocycles. The van der Waals surface area contributed by atoms with Crippen LogP contribution in [0.15, 0.2) is 29.3 Å². The number of hydrogen-bond acceptors (Lipinski definition) is 4. The minimum atomic E-state index is 0.147. The van der Waals surface area contributed by atoms with Gasteiger partial charge in [0.25, 0.3) is 0 Å². The van der Waals surface area contributed by atoms with E-state index in [2.05, 4.69) is 16.4 Å². The van der Waals surface area contributed by atoms with Gasteiger partial charge in [-0.3, -0.25) is 4.79 Å². The van der Waals surface area contributed by atoms with Gasteiger partial charge in [0.1, 0.15) is 4.38 Å². The van der Waals surface area contributed by atoms with Crippen LogP contribution >= 0.6 is 23.5 Å². The molecule has 1 amide bonds. The first kappa shape index (κ1) is 15.0. The molecule has 0 saturated heterocycles. The first-order valence-electron chi connectivity index (χ1n) is 7.53. The van der Waals surface area contributed by atoms with Gasteiger partial charge in [0.15, 0.2) is 0 Å². The van der Waals surface area contributed by atoms with Gasteiger partial charge in [-0.05, 0) is 24.5 Å². The lowest BCUT2D eigenvalue weighted by atomic mass is 9.95. The maximum Gasteiger partial charge on any atom is 0.230 e. The number of carbonyl (C=O) groups excluding carboxylic acids is 1. The van der Waals surface area contributed by atoms with E-state index in [4.69, 9.17) is 0 Å². The maximum absolute atomic E-state index is 12.0. The number of carbonyl (C=O) groups is 1. The summed E-state index contributed by atoms with van der Waals surface area (Å²) in [5, 5.41) is 3.15. The van der Waals surface area contributed by atoms with Crippen LogP contribution < -0.4 is 5.32 Å². The van der Waals surface area contributed by atoms with Crippen LogP contribution in [0.5, 0.6) is 0 Å². The van der Waals surface area contributed by atoms with E-state index < -0.39 is 0 Å². The zero-order valence-corrected chi connectivity index (χ0v) is 13.6. The second kappa shape index (κ2) is 7.36. The smallest absolute Gasteiger partial charge is 0.230 e. The fourth-order valence-electron chi connectivity index (χ4n) is 2.73. The third-order valence-electron chi connectivity index (χ3n) is 3.85. The van der Waals surface area contributed by atoms with E-state index in [9.17, 15) is 4.79 Å². The Labute approximate surface area is 134 Å². The Balaban J connectivity index is 1.49. The fraction of sp³-hybridized carbons (Fsp3) is 0.500.